The highest BCUT2D eigenvalue weighted by Gasteiger charge is 2.26. The SMILES string of the molecule is Nc1cc(C(=O)N2CCS(=O)(=O)CC2)cc(Cl)n1. The van der Waals surface area contributed by atoms with E-state index in [0.29, 0.717) is 5.56 Å². The number of hydrogen-bond donors (Lipinski definition) is 1. The van der Waals surface area contributed by atoms with Crippen LogP contribution in [-0.2, 0) is 9.84 Å². The van der Waals surface area contributed by atoms with Gasteiger partial charge in [-0.05, 0) is 12.1 Å². The molecule has 1 aromatic rings. The van der Waals surface area contributed by atoms with Gasteiger partial charge < -0.3 is 10.6 Å². The minimum Gasteiger partial charge on any atom is -0.384 e. The summed E-state index contributed by atoms with van der Waals surface area (Å²) < 4.78 is 22.5. The van der Waals surface area contributed by atoms with Crippen LogP contribution in [0.4, 0.5) is 5.82 Å². The number of hydrogen-bond acceptors (Lipinski definition) is 5. The van der Waals surface area contributed by atoms with Gasteiger partial charge in [0.1, 0.15) is 11.0 Å². The van der Waals surface area contributed by atoms with E-state index in [1.165, 1.54) is 17.0 Å². The molecular weight excluding hydrogens is 278 g/mol. The molecule has 1 aromatic heterocycles. The number of nitrogen functional groups attached to an aromatic ring is 1. The van der Waals surface area contributed by atoms with Crippen molar-refractivity contribution in [3.8, 4) is 0 Å². The van der Waals surface area contributed by atoms with E-state index in [4.69, 9.17) is 17.3 Å². The van der Waals surface area contributed by atoms with E-state index in [2.05, 4.69) is 4.98 Å². The number of anilines is 1. The van der Waals surface area contributed by atoms with Crippen LogP contribution in [0.3, 0.4) is 0 Å². The van der Waals surface area contributed by atoms with Crippen LogP contribution in [0, 0.1) is 0 Å². The van der Waals surface area contributed by atoms with Crippen molar-refractivity contribution in [2.75, 3.05) is 30.3 Å². The van der Waals surface area contributed by atoms with Gasteiger partial charge in [0, 0.05) is 18.7 Å². The van der Waals surface area contributed by atoms with Crippen molar-refractivity contribution in [2.24, 2.45) is 0 Å². The molecule has 0 unspecified atom stereocenters. The molecule has 98 valence electrons. The van der Waals surface area contributed by atoms with E-state index in [-0.39, 0.29) is 41.5 Å². The summed E-state index contributed by atoms with van der Waals surface area (Å²) in [6.07, 6.45) is 0. The first kappa shape index (κ1) is 13.1. The molecule has 2 N–H and O–H groups in total. The summed E-state index contributed by atoms with van der Waals surface area (Å²) in [6, 6.07) is 2.85. The second-order valence-corrected chi connectivity index (χ2v) is 6.74. The van der Waals surface area contributed by atoms with Crippen LogP contribution < -0.4 is 5.73 Å². The molecule has 0 saturated carbocycles. The van der Waals surface area contributed by atoms with Crippen LogP contribution in [0.25, 0.3) is 0 Å². The zero-order valence-electron chi connectivity index (χ0n) is 9.47. The monoisotopic (exact) mass is 289 g/mol. The zero-order chi connectivity index (χ0) is 13.3. The number of halogens is 1. The lowest BCUT2D eigenvalue weighted by molar-refractivity contribution is 0.0770. The van der Waals surface area contributed by atoms with Crippen molar-refractivity contribution in [3.05, 3.63) is 22.8 Å². The fraction of sp³-hybridized carbons (Fsp3) is 0.400. The maximum Gasteiger partial charge on any atom is 0.254 e. The van der Waals surface area contributed by atoms with E-state index < -0.39 is 9.84 Å². The molecule has 0 aliphatic carbocycles. The van der Waals surface area contributed by atoms with E-state index in [1.54, 1.807) is 0 Å². The van der Waals surface area contributed by atoms with Crippen LogP contribution in [0.5, 0.6) is 0 Å². The molecule has 2 heterocycles. The van der Waals surface area contributed by atoms with Crippen molar-refractivity contribution in [3.63, 3.8) is 0 Å². The lowest BCUT2D eigenvalue weighted by atomic mass is 10.2. The largest absolute Gasteiger partial charge is 0.384 e. The van der Waals surface area contributed by atoms with Crippen LogP contribution >= 0.6 is 11.6 Å². The van der Waals surface area contributed by atoms with Gasteiger partial charge in [0.25, 0.3) is 5.91 Å². The number of sulfone groups is 1. The van der Waals surface area contributed by atoms with E-state index in [0.717, 1.165) is 0 Å². The fourth-order valence-corrected chi connectivity index (χ4v) is 3.16. The molecule has 18 heavy (non-hydrogen) atoms. The third kappa shape index (κ3) is 2.91. The number of carbonyl (C=O) groups is 1. The average Bonchev–Trinajstić information content (AvgIpc) is 2.27. The van der Waals surface area contributed by atoms with Crippen LogP contribution in [0.1, 0.15) is 10.4 Å². The molecule has 8 heteroatoms. The number of nitrogens with two attached hydrogens (primary N) is 1. The van der Waals surface area contributed by atoms with Crippen LogP contribution in [0.15, 0.2) is 12.1 Å². The Morgan fingerprint density at radius 2 is 1.94 bits per heavy atom. The lowest BCUT2D eigenvalue weighted by Gasteiger charge is -2.26. The van der Waals surface area contributed by atoms with Gasteiger partial charge in [-0.2, -0.15) is 0 Å². The minimum absolute atomic E-state index is 0.00691. The second-order valence-electron chi connectivity index (χ2n) is 4.05. The minimum atomic E-state index is -3.00. The van der Waals surface area contributed by atoms with Gasteiger partial charge in [0.05, 0.1) is 11.5 Å². The van der Waals surface area contributed by atoms with Gasteiger partial charge in [0.2, 0.25) is 0 Å². The normalized spacial score (nSPS) is 18.6. The Labute approximate surface area is 110 Å². The van der Waals surface area contributed by atoms with Gasteiger partial charge in [-0.1, -0.05) is 11.6 Å². The number of rotatable bonds is 1. The lowest BCUT2D eigenvalue weighted by Crippen LogP contribution is -2.43. The molecule has 6 nitrogen and oxygen atoms in total. The predicted octanol–water partition coefficient (Wildman–Crippen LogP) is 0.188. The van der Waals surface area contributed by atoms with E-state index in [9.17, 15) is 13.2 Å². The molecule has 1 saturated heterocycles. The molecule has 1 amide bonds. The maximum atomic E-state index is 12.1. The quantitative estimate of drug-likeness (QED) is 0.745. The molecule has 2 rings (SSSR count). The van der Waals surface area contributed by atoms with Gasteiger partial charge in [-0.15, -0.1) is 0 Å². The van der Waals surface area contributed by atoms with Gasteiger partial charge in [0.15, 0.2) is 9.84 Å². The molecule has 1 aliphatic rings. The predicted molar refractivity (Wildman–Crippen MR) is 68.2 cm³/mol. The number of nitrogens with zero attached hydrogens (tertiary/aromatic N) is 2. The summed E-state index contributed by atoms with van der Waals surface area (Å²) >= 11 is 5.72. The highest BCUT2D eigenvalue weighted by molar-refractivity contribution is 7.91. The highest BCUT2D eigenvalue weighted by atomic mass is 35.5. The molecule has 1 aliphatic heterocycles. The molecule has 1 fully saturated rings. The summed E-state index contributed by atoms with van der Waals surface area (Å²) in [4.78, 5) is 17.3. The summed E-state index contributed by atoms with van der Waals surface area (Å²) in [7, 11) is -3.00. The number of aromatic nitrogens is 1. The Kier molecular flexibility index (Phi) is 3.45. The third-order valence-electron chi connectivity index (χ3n) is 2.69. The molecule has 0 spiro atoms. The van der Waals surface area contributed by atoms with E-state index >= 15 is 0 Å². The fourth-order valence-electron chi connectivity index (χ4n) is 1.74. The molecular formula is C10H12ClN3O3S. The first-order chi connectivity index (χ1) is 8.37. The first-order valence-electron chi connectivity index (χ1n) is 5.30. The van der Waals surface area contributed by atoms with Gasteiger partial charge in [-0.25, -0.2) is 13.4 Å². The Balaban J connectivity index is 2.17. The number of carbonyl (C=O) groups excluding carboxylic acids is 1. The molecule has 0 radical (unpaired) electrons. The smallest absolute Gasteiger partial charge is 0.254 e. The first-order valence-corrected chi connectivity index (χ1v) is 7.50. The van der Waals surface area contributed by atoms with Crippen LogP contribution in [-0.4, -0.2) is 48.8 Å². The highest BCUT2D eigenvalue weighted by Crippen LogP contribution is 2.15. The van der Waals surface area contributed by atoms with Gasteiger partial charge in [-0.3, -0.25) is 4.79 Å². The van der Waals surface area contributed by atoms with E-state index in [1.807, 2.05) is 0 Å². The number of amides is 1. The zero-order valence-corrected chi connectivity index (χ0v) is 11.0. The summed E-state index contributed by atoms with van der Waals surface area (Å²) in [5, 5.41) is 0.142. The van der Waals surface area contributed by atoms with Gasteiger partial charge >= 0.3 is 0 Å². The van der Waals surface area contributed by atoms with Crippen molar-refractivity contribution in [1.29, 1.82) is 0 Å². The third-order valence-corrected chi connectivity index (χ3v) is 4.50. The Morgan fingerprint density at radius 1 is 1.33 bits per heavy atom. The Morgan fingerprint density at radius 3 is 2.50 bits per heavy atom. The van der Waals surface area contributed by atoms with Crippen molar-refractivity contribution in [1.82, 2.24) is 9.88 Å². The maximum absolute atomic E-state index is 12.1. The topological polar surface area (TPSA) is 93.4 Å². The second kappa shape index (κ2) is 4.74. The average molecular weight is 290 g/mol. The number of pyridine rings is 1. The standard InChI is InChI=1S/C10H12ClN3O3S/c11-8-5-7(6-9(12)13-8)10(15)14-1-3-18(16,17)4-2-14/h5-6H,1-4H2,(H2,12,13). The molecule has 0 bridgehead atoms. The summed E-state index contributed by atoms with van der Waals surface area (Å²) in [6.45, 7) is 0.391. The summed E-state index contributed by atoms with van der Waals surface area (Å²) in [5.41, 5.74) is 5.83. The molecule has 0 atom stereocenters. The van der Waals surface area contributed by atoms with Crippen molar-refractivity contribution >= 4 is 33.2 Å². The molecule has 0 aromatic carbocycles. The Hall–Kier alpha value is -1.34. The van der Waals surface area contributed by atoms with Crippen LogP contribution in [0.2, 0.25) is 5.15 Å². The summed E-state index contributed by atoms with van der Waals surface area (Å²) in [5.74, 6) is -0.128. The van der Waals surface area contributed by atoms with Crippen molar-refractivity contribution < 1.29 is 13.2 Å². The Bertz CT molecular complexity index is 554. The van der Waals surface area contributed by atoms with Crippen molar-refractivity contribution in [2.45, 2.75) is 0 Å².